The fourth-order valence-corrected chi connectivity index (χ4v) is 9.06. The molecule has 2 saturated carbocycles. The first-order valence-electron chi connectivity index (χ1n) is 23.8. The van der Waals surface area contributed by atoms with E-state index in [1.54, 1.807) is 31.7 Å². The van der Waals surface area contributed by atoms with Gasteiger partial charge in [-0.25, -0.2) is 14.4 Å². The van der Waals surface area contributed by atoms with Crippen molar-refractivity contribution >= 4 is 41.6 Å². The van der Waals surface area contributed by atoms with Gasteiger partial charge >= 0.3 is 30.0 Å². The second-order valence-corrected chi connectivity index (χ2v) is 20.8. The molecule has 72 heavy (non-hydrogen) atoms. The highest BCUT2D eigenvalue weighted by atomic mass is 19.3. The van der Waals surface area contributed by atoms with Crippen LogP contribution in [0.4, 0.5) is 32.8 Å². The number of nitrogens with one attached hydrogen (secondary N) is 5. The minimum atomic E-state index is -5.47. The van der Waals surface area contributed by atoms with Crippen molar-refractivity contribution < 1.29 is 60.9 Å². The highest BCUT2D eigenvalue weighted by molar-refractivity contribution is 5.98. The first-order valence-corrected chi connectivity index (χ1v) is 23.8. The summed E-state index contributed by atoms with van der Waals surface area (Å²) in [5, 5.41) is 26.8. The summed E-state index contributed by atoms with van der Waals surface area (Å²) in [4.78, 5) is 80.3. The van der Waals surface area contributed by atoms with Gasteiger partial charge in [-0.2, -0.15) is 17.6 Å². The predicted molar refractivity (Wildman–Crippen MR) is 255 cm³/mol. The fraction of sp³-hybridized carbons (Fsp3) is 0.490. The van der Waals surface area contributed by atoms with E-state index in [2.05, 4.69) is 31.5 Å². The number of aliphatic carboxylic acids is 1. The van der Waals surface area contributed by atoms with Gasteiger partial charge in [0.2, 0.25) is 17.6 Å². The maximum absolute atomic E-state index is 14.4. The first kappa shape index (κ1) is 52.8. The lowest BCUT2D eigenvalue weighted by molar-refractivity contribution is -0.231. The van der Waals surface area contributed by atoms with Crippen molar-refractivity contribution in [1.82, 2.24) is 36.0 Å². The van der Waals surface area contributed by atoms with Crippen LogP contribution >= 0.6 is 0 Å². The van der Waals surface area contributed by atoms with E-state index in [0.29, 0.717) is 56.4 Å². The van der Waals surface area contributed by atoms with Gasteiger partial charge < -0.3 is 45.7 Å². The van der Waals surface area contributed by atoms with Crippen LogP contribution in [0.3, 0.4) is 0 Å². The van der Waals surface area contributed by atoms with Crippen LogP contribution in [0.5, 0.6) is 0 Å². The fourth-order valence-electron chi connectivity index (χ4n) is 9.06. The number of hydrogen-bond donors (Lipinski definition) is 6. The number of amides is 5. The molecule has 2 heterocycles. The molecule has 0 bridgehead atoms. The Kier molecular flexibility index (Phi) is 15.1. The molecule has 2 aliphatic carbocycles. The number of aromatic nitrogens is 3. The van der Waals surface area contributed by atoms with Crippen molar-refractivity contribution in [3.05, 3.63) is 89.2 Å². The summed E-state index contributed by atoms with van der Waals surface area (Å²) >= 11 is 0. The summed E-state index contributed by atoms with van der Waals surface area (Å²) in [6.07, 6.45) is 1.58. The van der Waals surface area contributed by atoms with Gasteiger partial charge in [-0.15, -0.1) is 10.2 Å². The molecule has 4 aromatic rings. The van der Waals surface area contributed by atoms with Gasteiger partial charge in [-0.3, -0.25) is 14.4 Å². The zero-order valence-electron chi connectivity index (χ0n) is 41.0. The number of carbonyl (C=O) groups is 6. The lowest BCUT2D eigenvalue weighted by Crippen LogP contribution is -2.48. The molecule has 2 unspecified atom stereocenters. The minimum absolute atomic E-state index is 0.0178. The molecule has 3 fully saturated rings. The quantitative estimate of drug-likeness (QED) is 0.0628. The molecule has 1 saturated heterocycles. The number of halogens is 4. The van der Waals surface area contributed by atoms with Crippen LogP contribution < -0.4 is 21.3 Å². The average Bonchev–Trinajstić information content (AvgIpc) is 3.63. The molecule has 5 amide bonds. The van der Waals surface area contributed by atoms with E-state index in [9.17, 15) is 46.3 Å². The second-order valence-electron chi connectivity index (χ2n) is 20.8. The predicted octanol–water partition coefficient (Wildman–Crippen LogP) is 7.85. The Labute approximate surface area is 413 Å². The highest BCUT2D eigenvalue weighted by Crippen LogP contribution is 2.46. The van der Waals surface area contributed by atoms with Gasteiger partial charge in [0.25, 0.3) is 5.91 Å². The number of anilines is 1. The van der Waals surface area contributed by atoms with Crippen LogP contribution in [-0.4, -0.2) is 110 Å². The number of piperidine rings is 1. The van der Waals surface area contributed by atoms with Crippen molar-refractivity contribution in [3.8, 4) is 22.5 Å². The standard InChI is InChI=1S/C51H60F4N8O9/c1-27-22-33(42(65)59-39-36-25-63(26-37(36)39)47(70)72-49(5,6)7)18-21-35(27)30-12-8-28(9-13-30)23-38(58-41(64)32-14-10-29(11-15-32)24-56-46(69)71-48(2,3)4)43(66)57-34-19-16-31(17-20-34)40-60-44(62-61-40)50(52,53)51(54,55)45(67)68/h8-9,12-13,16-22,29,32,36-39H,10-11,14-15,23-26H2,1-7H3,(H,56,69)(H,57,66)(H,58,64)(H,59,65)(H,67,68)(H,60,61,62)/t29-,32-,36?,37?,38-,39?/m0/s1. The van der Waals surface area contributed by atoms with Crippen molar-refractivity contribution in [3.63, 3.8) is 0 Å². The van der Waals surface area contributed by atoms with Gasteiger partial charge in [-0.1, -0.05) is 30.3 Å². The van der Waals surface area contributed by atoms with Gasteiger partial charge in [-0.05, 0) is 139 Å². The van der Waals surface area contributed by atoms with Crippen molar-refractivity contribution in [2.45, 2.75) is 116 Å². The number of H-pyrrole nitrogens is 1. The molecule has 386 valence electrons. The molecule has 3 aliphatic rings. The molecule has 3 aromatic carbocycles. The zero-order chi connectivity index (χ0) is 52.5. The maximum Gasteiger partial charge on any atom is 0.411 e. The average molecular weight is 1010 g/mol. The van der Waals surface area contributed by atoms with Crippen LogP contribution in [0.1, 0.15) is 94.5 Å². The second kappa shape index (κ2) is 20.6. The van der Waals surface area contributed by atoms with E-state index < -0.39 is 58.8 Å². The Morgan fingerprint density at radius 3 is 2.00 bits per heavy atom. The number of rotatable bonds is 15. The summed E-state index contributed by atoms with van der Waals surface area (Å²) < 4.78 is 67.1. The normalized spacial score (nSPS) is 20.4. The number of likely N-dealkylation sites (tertiary alicyclic amines) is 1. The van der Waals surface area contributed by atoms with Crippen LogP contribution in [0.2, 0.25) is 0 Å². The third kappa shape index (κ3) is 12.5. The number of carboxylic acid groups (broad SMARTS) is 1. The first-order chi connectivity index (χ1) is 33.7. The summed E-state index contributed by atoms with van der Waals surface area (Å²) in [7, 11) is 0. The Morgan fingerprint density at radius 1 is 0.806 bits per heavy atom. The molecule has 1 aliphatic heterocycles. The SMILES string of the molecule is Cc1cc(C(=O)NC2C3CN(C(=O)OC(C)(C)C)CC32)ccc1-c1ccc(C[C@H](NC(=O)[C@H]2CC[C@H](CNC(=O)OC(C)(C)C)CC2)C(=O)Nc2ccc(-c3nnc(C(F)(F)C(F)(F)C(=O)O)[nH]3)cc2)cc1. The van der Waals surface area contributed by atoms with Gasteiger partial charge in [0, 0.05) is 66.7 Å². The lowest BCUT2D eigenvalue weighted by atomic mass is 9.81. The number of nitrogens with zero attached hydrogens (tertiary/aromatic N) is 3. The highest BCUT2D eigenvalue weighted by Gasteiger charge is 2.66. The van der Waals surface area contributed by atoms with Crippen LogP contribution in [-0.2, 0) is 36.2 Å². The van der Waals surface area contributed by atoms with Gasteiger partial charge in [0.15, 0.2) is 5.82 Å². The lowest BCUT2D eigenvalue weighted by Gasteiger charge is -2.29. The monoisotopic (exact) mass is 1000 g/mol. The summed E-state index contributed by atoms with van der Waals surface area (Å²) in [5.41, 5.74) is 2.91. The van der Waals surface area contributed by atoms with Crippen LogP contribution in [0.25, 0.3) is 22.5 Å². The van der Waals surface area contributed by atoms with Crippen molar-refractivity contribution in [2.75, 3.05) is 25.0 Å². The molecule has 3 atom stereocenters. The Bertz CT molecular complexity index is 2660. The molecule has 1 aromatic heterocycles. The largest absolute Gasteiger partial charge is 0.477 e. The number of carboxylic acids is 1. The minimum Gasteiger partial charge on any atom is -0.477 e. The van der Waals surface area contributed by atoms with E-state index in [-0.39, 0.29) is 65.2 Å². The summed E-state index contributed by atoms with van der Waals surface area (Å²) in [6, 6.07) is 17.3. The Morgan fingerprint density at radius 2 is 1.42 bits per heavy atom. The smallest absolute Gasteiger partial charge is 0.411 e. The van der Waals surface area contributed by atoms with E-state index in [1.807, 2.05) is 69.1 Å². The van der Waals surface area contributed by atoms with E-state index >= 15 is 0 Å². The molecular formula is C51H60F4N8O9. The van der Waals surface area contributed by atoms with Gasteiger partial charge in [0.1, 0.15) is 17.2 Å². The van der Waals surface area contributed by atoms with Crippen LogP contribution in [0, 0.1) is 30.6 Å². The number of alkyl carbamates (subject to hydrolysis) is 1. The number of aryl methyl sites for hydroxylation is 1. The number of benzene rings is 3. The number of carbonyl (C=O) groups excluding carboxylic acids is 5. The van der Waals surface area contributed by atoms with E-state index in [0.717, 1.165) is 16.7 Å². The van der Waals surface area contributed by atoms with E-state index in [1.165, 1.54) is 24.3 Å². The molecule has 0 radical (unpaired) electrons. The van der Waals surface area contributed by atoms with Crippen molar-refractivity contribution in [1.29, 1.82) is 0 Å². The molecule has 21 heteroatoms. The molecule has 0 spiro atoms. The number of aromatic amines is 1. The van der Waals surface area contributed by atoms with Gasteiger partial charge in [0.05, 0.1) is 0 Å². The summed E-state index contributed by atoms with van der Waals surface area (Å²) in [5.74, 6) is -16.7. The Hall–Kier alpha value is -7.06. The summed E-state index contributed by atoms with van der Waals surface area (Å²) in [6.45, 7) is 14.2. The molecule has 17 nitrogen and oxygen atoms in total. The molecular weight excluding hydrogens is 945 g/mol. The number of ether oxygens (including phenoxy) is 2. The number of alkyl halides is 4. The molecule has 7 rings (SSSR count). The molecule has 6 N–H and O–H groups in total. The number of fused-ring (bicyclic) bond motifs is 1. The third-order valence-electron chi connectivity index (χ3n) is 13.0. The van der Waals surface area contributed by atoms with Crippen molar-refractivity contribution in [2.24, 2.45) is 23.7 Å². The third-order valence-corrected chi connectivity index (χ3v) is 13.0. The van der Waals surface area contributed by atoms with Crippen LogP contribution in [0.15, 0.2) is 66.7 Å². The van der Waals surface area contributed by atoms with E-state index in [4.69, 9.17) is 14.6 Å². The topological polar surface area (TPSA) is 234 Å². The zero-order valence-corrected chi connectivity index (χ0v) is 41.0. The number of hydrogen-bond acceptors (Lipinski definition) is 10. The maximum atomic E-state index is 14.4. The Balaban J connectivity index is 0.996.